The molecular weight excluding hydrogens is 330 g/mol. The first-order valence-corrected chi connectivity index (χ1v) is 7.71. The van der Waals surface area contributed by atoms with Crippen molar-refractivity contribution in [2.75, 3.05) is 11.9 Å². The molecule has 24 heavy (non-hydrogen) atoms. The Labute approximate surface area is 145 Å². The molecule has 1 amide bonds. The highest BCUT2D eigenvalue weighted by Gasteiger charge is 2.08. The lowest BCUT2D eigenvalue weighted by molar-refractivity contribution is -0.131. The van der Waals surface area contributed by atoms with Gasteiger partial charge in [0.05, 0.1) is 0 Å². The lowest BCUT2D eigenvalue weighted by Gasteiger charge is -2.11. The zero-order valence-electron chi connectivity index (χ0n) is 13.7. The largest absolute Gasteiger partial charge is 0.484 e. The van der Waals surface area contributed by atoms with Crippen molar-refractivity contribution in [2.45, 2.75) is 20.8 Å². The van der Waals surface area contributed by atoms with Crippen LogP contribution < -0.4 is 14.8 Å². The summed E-state index contributed by atoms with van der Waals surface area (Å²) in [7, 11) is 0. The van der Waals surface area contributed by atoms with Crippen LogP contribution in [0.25, 0.3) is 0 Å². The summed E-state index contributed by atoms with van der Waals surface area (Å²) in [5.74, 6) is 0.207. The molecule has 5 nitrogen and oxygen atoms in total. The van der Waals surface area contributed by atoms with Gasteiger partial charge in [-0.05, 0) is 49.2 Å². The van der Waals surface area contributed by atoms with Gasteiger partial charge >= 0.3 is 5.97 Å². The summed E-state index contributed by atoms with van der Waals surface area (Å²) >= 11 is 6.10. The van der Waals surface area contributed by atoms with Crippen LogP contribution in [-0.4, -0.2) is 18.5 Å². The molecule has 0 aliphatic heterocycles. The van der Waals surface area contributed by atoms with Crippen molar-refractivity contribution in [2.24, 2.45) is 0 Å². The average molecular weight is 348 g/mol. The second-order valence-corrected chi connectivity index (χ2v) is 5.71. The van der Waals surface area contributed by atoms with Crippen LogP contribution in [0.2, 0.25) is 5.02 Å². The van der Waals surface area contributed by atoms with Gasteiger partial charge in [0.25, 0.3) is 5.91 Å². The third-order valence-electron chi connectivity index (χ3n) is 3.16. The fraction of sp³-hybridized carbons (Fsp3) is 0.222. The molecule has 2 aromatic carbocycles. The van der Waals surface area contributed by atoms with Crippen LogP contribution in [-0.2, 0) is 9.59 Å². The third kappa shape index (κ3) is 4.99. The number of rotatable bonds is 5. The van der Waals surface area contributed by atoms with Crippen LogP contribution in [0.5, 0.6) is 11.5 Å². The molecule has 0 fully saturated rings. The van der Waals surface area contributed by atoms with E-state index in [1.807, 2.05) is 13.8 Å². The first kappa shape index (κ1) is 17.8. The predicted octanol–water partition coefficient (Wildman–Crippen LogP) is 3.90. The highest BCUT2D eigenvalue weighted by molar-refractivity contribution is 6.32. The molecule has 0 spiro atoms. The maximum atomic E-state index is 12.0. The number of nitrogens with one attached hydrogen (secondary N) is 1. The van der Waals surface area contributed by atoms with E-state index in [0.717, 1.165) is 11.1 Å². The number of amides is 1. The minimum absolute atomic E-state index is 0.141. The van der Waals surface area contributed by atoms with Gasteiger partial charge in [0.2, 0.25) is 0 Å². The number of hydrogen-bond acceptors (Lipinski definition) is 4. The number of carbonyl (C=O) groups excluding carboxylic acids is 2. The predicted molar refractivity (Wildman–Crippen MR) is 92.8 cm³/mol. The number of benzene rings is 2. The topological polar surface area (TPSA) is 64.6 Å². The van der Waals surface area contributed by atoms with Crippen molar-refractivity contribution in [3.05, 3.63) is 52.5 Å². The quantitative estimate of drug-likeness (QED) is 0.658. The summed E-state index contributed by atoms with van der Waals surface area (Å²) in [6, 6.07) is 10.1. The molecule has 0 atom stereocenters. The molecular formula is C18H18ClNO4. The minimum atomic E-state index is -0.421. The number of halogens is 1. The molecule has 1 N–H and O–H groups in total. The SMILES string of the molecule is CC(=O)Oc1cccc(NC(=O)COc2cc(C)c(Cl)c(C)c2)c1. The van der Waals surface area contributed by atoms with E-state index in [1.54, 1.807) is 36.4 Å². The molecule has 0 bridgehead atoms. The maximum absolute atomic E-state index is 12.0. The summed E-state index contributed by atoms with van der Waals surface area (Å²) in [4.78, 5) is 22.9. The van der Waals surface area contributed by atoms with Gasteiger partial charge in [-0.15, -0.1) is 0 Å². The Morgan fingerprint density at radius 1 is 1.08 bits per heavy atom. The van der Waals surface area contributed by atoms with Crippen LogP contribution in [0.3, 0.4) is 0 Å². The highest BCUT2D eigenvalue weighted by atomic mass is 35.5. The summed E-state index contributed by atoms with van der Waals surface area (Å²) in [5.41, 5.74) is 2.30. The first-order chi connectivity index (χ1) is 11.3. The molecule has 0 aliphatic carbocycles. The van der Waals surface area contributed by atoms with Crippen molar-refractivity contribution in [1.29, 1.82) is 0 Å². The zero-order chi connectivity index (χ0) is 17.7. The van der Waals surface area contributed by atoms with E-state index in [0.29, 0.717) is 22.2 Å². The number of anilines is 1. The van der Waals surface area contributed by atoms with E-state index in [2.05, 4.69) is 5.32 Å². The Bertz CT molecular complexity index is 750. The van der Waals surface area contributed by atoms with Gasteiger partial charge in [-0.25, -0.2) is 0 Å². The van der Waals surface area contributed by atoms with Gasteiger partial charge in [-0.2, -0.15) is 0 Å². The Hall–Kier alpha value is -2.53. The lowest BCUT2D eigenvalue weighted by atomic mass is 10.1. The Kier molecular flexibility index (Phi) is 5.82. The van der Waals surface area contributed by atoms with Gasteiger partial charge in [-0.3, -0.25) is 9.59 Å². The Morgan fingerprint density at radius 2 is 1.75 bits per heavy atom. The molecule has 0 saturated heterocycles. The Morgan fingerprint density at radius 3 is 2.38 bits per heavy atom. The van der Waals surface area contributed by atoms with Crippen molar-refractivity contribution in [3.63, 3.8) is 0 Å². The molecule has 0 heterocycles. The van der Waals surface area contributed by atoms with Crippen molar-refractivity contribution < 1.29 is 19.1 Å². The van der Waals surface area contributed by atoms with Gasteiger partial charge < -0.3 is 14.8 Å². The second-order valence-electron chi connectivity index (χ2n) is 5.33. The first-order valence-electron chi connectivity index (χ1n) is 7.33. The van der Waals surface area contributed by atoms with Gasteiger partial charge in [0, 0.05) is 23.7 Å². The van der Waals surface area contributed by atoms with E-state index in [-0.39, 0.29) is 12.5 Å². The van der Waals surface area contributed by atoms with E-state index < -0.39 is 5.97 Å². The van der Waals surface area contributed by atoms with E-state index in [4.69, 9.17) is 21.1 Å². The van der Waals surface area contributed by atoms with Crippen molar-refractivity contribution in [3.8, 4) is 11.5 Å². The highest BCUT2D eigenvalue weighted by Crippen LogP contribution is 2.25. The van der Waals surface area contributed by atoms with Crippen LogP contribution >= 0.6 is 11.6 Å². The maximum Gasteiger partial charge on any atom is 0.308 e. The summed E-state index contributed by atoms with van der Waals surface area (Å²) in [5, 5.41) is 3.37. The fourth-order valence-electron chi connectivity index (χ4n) is 2.14. The van der Waals surface area contributed by atoms with Crippen LogP contribution in [0.1, 0.15) is 18.1 Å². The molecule has 6 heteroatoms. The standard InChI is InChI=1S/C18H18ClNO4/c1-11-7-16(8-12(2)18(11)19)23-10-17(22)20-14-5-4-6-15(9-14)24-13(3)21/h4-9H,10H2,1-3H3,(H,20,22). The van der Waals surface area contributed by atoms with Crippen LogP contribution in [0.15, 0.2) is 36.4 Å². The average Bonchev–Trinajstić information content (AvgIpc) is 2.50. The van der Waals surface area contributed by atoms with E-state index in [1.165, 1.54) is 6.92 Å². The summed E-state index contributed by atoms with van der Waals surface area (Å²) in [6.45, 7) is 4.93. The van der Waals surface area contributed by atoms with Gasteiger partial charge in [0.15, 0.2) is 6.61 Å². The molecule has 0 aliphatic rings. The van der Waals surface area contributed by atoms with Gasteiger partial charge in [0.1, 0.15) is 11.5 Å². The lowest BCUT2D eigenvalue weighted by Crippen LogP contribution is -2.20. The molecule has 2 rings (SSSR count). The van der Waals surface area contributed by atoms with Crippen LogP contribution in [0, 0.1) is 13.8 Å². The molecule has 0 radical (unpaired) electrons. The molecule has 0 aromatic heterocycles. The third-order valence-corrected chi connectivity index (χ3v) is 3.76. The molecule has 0 unspecified atom stereocenters. The monoisotopic (exact) mass is 347 g/mol. The van der Waals surface area contributed by atoms with Crippen molar-refractivity contribution in [1.82, 2.24) is 0 Å². The van der Waals surface area contributed by atoms with Gasteiger partial charge in [-0.1, -0.05) is 17.7 Å². The molecule has 0 saturated carbocycles. The van der Waals surface area contributed by atoms with E-state index in [9.17, 15) is 9.59 Å². The number of aryl methyl sites for hydroxylation is 2. The molecule has 126 valence electrons. The number of carbonyl (C=O) groups is 2. The van der Waals surface area contributed by atoms with Crippen molar-refractivity contribution >= 4 is 29.2 Å². The number of ether oxygens (including phenoxy) is 2. The summed E-state index contributed by atoms with van der Waals surface area (Å²) in [6.07, 6.45) is 0. The van der Waals surface area contributed by atoms with Crippen LogP contribution in [0.4, 0.5) is 5.69 Å². The fourth-order valence-corrected chi connectivity index (χ4v) is 2.25. The molecule has 2 aromatic rings. The smallest absolute Gasteiger partial charge is 0.308 e. The summed E-state index contributed by atoms with van der Waals surface area (Å²) < 4.78 is 10.5. The Balaban J connectivity index is 1.95. The second kappa shape index (κ2) is 7.84. The van der Waals surface area contributed by atoms with E-state index >= 15 is 0 Å². The zero-order valence-corrected chi connectivity index (χ0v) is 14.4. The number of hydrogen-bond donors (Lipinski definition) is 1. The number of esters is 1. The normalized spacial score (nSPS) is 10.2. The minimum Gasteiger partial charge on any atom is -0.484 e.